The predicted octanol–water partition coefficient (Wildman–Crippen LogP) is 0.501. The molecule has 0 aliphatic carbocycles. The number of nitrogens with zero attached hydrogens (tertiary/aromatic N) is 2. The summed E-state index contributed by atoms with van der Waals surface area (Å²) in [5, 5.41) is 0. The lowest BCUT2D eigenvalue weighted by atomic mass is 9.83. The van der Waals surface area contributed by atoms with Gasteiger partial charge in [-0.25, -0.2) is 0 Å². The Balaban J connectivity index is 1.94. The van der Waals surface area contributed by atoms with E-state index in [1.807, 2.05) is 18.2 Å². The Labute approximate surface area is 114 Å². The summed E-state index contributed by atoms with van der Waals surface area (Å²) < 4.78 is 0. The first kappa shape index (κ1) is 12.6. The number of likely N-dealkylation sites (N-methyl/N-ethyl adjacent to an activating group) is 1. The smallest absolute Gasteiger partial charge is 0.222 e. The van der Waals surface area contributed by atoms with Crippen molar-refractivity contribution in [2.75, 3.05) is 33.2 Å². The van der Waals surface area contributed by atoms with E-state index in [1.165, 1.54) is 5.56 Å². The van der Waals surface area contributed by atoms with E-state index in [9.17, 15) is 4.79 Å². The number of hydrogen-bond acceptors (Lipinski definition) is 3. The zero-order valence-corrected chi connectivity index (χ0v) is 11.3. The molecule has 4 nitrogen and oxygen atoms in total. The van der Waals surface area contributed by atoms with Crippen LogP contribution in [0.3, 0.4) is 0 Å². The summed E-state index contributed by atoms with van der Waals surface area (Å²) in [5.41, 5.74) is 6.88. The summed E-state index contributed by atoms with van der Waals surface area (Å²) in [7, 11) is 2.15. The van der Waals surface area contributed by atoms with Crippen LogP contribution in [-0.4, -0.2) is 55.0 Å². The van der Waals surface area contributed by atoms with Crippen molar-refractivity contribution in [2.24, 2.45) is 11.7 Å². The summed E-state index contributed by atoms with van der Waals surface area (Å²) in [5.74, 6) is 0.0197. The van der Waals surface area contributed by atoms with Crippen LogP contribution < -0.4 is 5.73 Å². The fourth-order valence-corrected chi connectivity index (χ4v) is 3.59. The normalized spacial score (nSPS) is 32.2. The van der Waals surface area contributed by atoms with Crippen molar-refractivity contribution >= 4 is 5.91 Å². The molecule has 3 rings (SSSR count). The van der Waals surface area contributed by atoms with Crippen molar-refractivity contribution in [1.82, 2.24) is 9.80 Å². The maximum Gasteiger partial charge on any atom is 0.222 e. The third kappa shape index (κ3) is 2.26. The highest BCUT2D eigenvalue weighted by molar-refractivity contribution is 5.78. The van der Waals surface area contributed by atoms with Crippen molar-refractivity contribution in [3.8, 4) is 0 Å². The molecule has 2 fully saturated rings. The molecule has 4 heteroatoms. The van der Waals surface area contributed by atoms with Gasteiger partial charge in [0.15, 0.2) is 0 Å². The van der Waals surface area contributed by atoms with Gasteiger partial charge in [0, 0.05) is 38.1 Å². The quantitative estimate of drug-likeness (QED) is 0.841. The van der Waals surface area contributed by atoms with E-state index >= 15 is 0 Å². The highest BCUT2D eigenvalue weighted by Crippen LogP contribution is 2.39. The third-order valence-electron chi connectivity index (χ3n) is 4.57. The zero-order valence-electron chi connectivity index (χ0n) is 11.3. The van der Waals surface area contributed by atoms with Crippen LogP contribution in [0.2, 0.25) is 0 Å². The Hall–Kier alpha value is -1.39. The van der Waals surface area contributed by atoms with Gasteiger partial charge in [-0.1, -0.05) is 30.3 Å². The highest BCUT2D eigenvalue weighted by Gasteiger charge is 2.46. The molecule has 2 N–H and O–H groups in total. The van der Waals surface area contributed by atoms with Gasteiger partial charge in [-0.3, -0.25) is 9.69 Å². The van der Waals surface area contributed by atoms with E-state index in [0.29, 0.717) is 6.04 Å². The largest absolute Gasteiger partial charge is 0.369 e. The van der Waals surface area contributed by atoms with Crippen molar-refractivity contribution in [2.45, 2.75) is 12.0 Å². The second-order valence-corrected chi connectivity index (χ2v) is 5.77. The van der Waals surface area contributed by atoms with Crippen LogP contribution in [0.25, 0.3) is 0 Å². The first-order chi connectivity index (χ1) is 9.16. The van der Waals surface area contributed by atoms with Crippen LogP contribution in [0.4, 0.5) is 0 Å². The Kier molecular flexibility index (Phi) is 3.29. The molecule has 1 aromatic rings. The Bertz CT molecular complexity index is 462. The van der Waals surface area contributed by atoms with Crippen molar-refractivity contribution in [3.05, 3.63) is 35.9 Å². The average molecular weight is 259 g/mol. The Morgan fingerprint density at radius 3 is 2.63 bits per heavy atom. The maximum atomic E-state index is 11.8. The van der Waals surface area contributed by atoms with Crippen LogP contribution >= 0.6 is 0 Å². The number of benzene rings is 1. The molecule has 0 bridgehead atoms. The van der Waals surface area contributed by atoms with Gasteiger partial charge in [0.1, 0.15) is 0 Å². The number of carbonyl (C=O) groups excluding carboxylic acids is 1. The second-order valence-electron chi connectivity index (χ2n) is 5.77. The molecule has 2 aliphatic heterocycles. The van der Waals surface area contributed by atoms with Crippen LogP contribution in [-0.2, 0) is 4.79 Å². The van der Waals surface area contributed by atoms with Gasteiger partial charge < -0.3 is 10.6 Å². The molecule has 102 valence electrons. The Morgan fingerprint density at radius 1 is 1.21 bits per heavy atom. The molecule has 1 aromatic carbocycles. The van der Waals surface area contributed by atoms with Gasteiger partial charge in [0.25, 0.3) is 0 Å². The van der Waals surface area contributed by atoms with Gasteiger partial charge in [-0.05, 0) is 12.6 Å². The van der Waals surface area contributed by atoms with E-state index in [1.54, 1.807) is 0 Å². The number of rotatable bonds is 2. The Morgan fingerprint density at radius 2 is 1.95 bits per heavy atom. The van der Waals surface area contributed by atoms with Crippen LogP contribution in [0.15, 0.2) is 30.3 Å². The van der Waals surface area contributed by atoms with Gasteiger partial charge >= 0.3 is 0 Å². The molecule has 0 spiro atoms. The zero-order chi connectivity index (χ0) is 13.4. The lowest BCUT2D eigenvalue weighted by Gasteiger charge is -2.37. The molecule has 2 saturated heterocycles. The highest BCUT2D eigenvalue weighted by atomic mass is 16.1. The molecule has 3 atom stereocenters. The number of carbonyl (C=O) groups is 1. The number of piperazine rings is 1. The number of nitrogens with two attached hydrogens (primary N) is 1. The number of fused-ring (bicyclic) bond motifs is 1. The summed E-state index contributed by atoms with van der Waals surface area (Å²) >= 11 is 0. The van der Waals surface area contributed by atoms with Crippen molar-refractivity contribution < 1.29 is 4.79 Å². The minimum absolute atomic E-state index is 0.0566. The monoisotopic (exact) mass is 259 g/mol. The van der Waals surface area contributed by atoms with Crippen LogP contribution in [0.5, 0.6) is 0 Å². The second kappa shape index (κ2) is 4.94. The molecule has 0 aromatic heterocycles. The topological polar surface area (TPSA) is 49.6 Å². The summed E-state index contributed by atoms with van der Waals surface area (Å²) in [6.07, 6.45) is 0. The number of hydrogen-bond donors (Lipinski definition) is 1. The molecule has 0 saturated carbocycles. The minimum Gasteiger partial charge on any atom is -0.369 e. The van der Waals surface area contributed by atoms with Gasteiger partial charge in [0.2, 0.25) is 5.91 Å². The van der Waals surface area contributed by atoms with E-state index in [4.69, 9.17) is 5.73 Å². The third-order valence-corrected chi connectivity index (χ3v) is 4.57. The molecule has 1 amide bonds. The molecule has 0 unspecified atom stereocenters. The molecular formula is C15H21N3O. The molecular weight excluding hydrogens is 238 g/mol. The van der Waals surface area contributed by atoms with E-state index in [2.05, 4.69) is 29.0 Å². The molecule has 2 aliphatic rings. The summed E-state index contributed by atoms with van der Waals surface area (Å²) in [6, 6.07) is 10.8. The van der Waals surface area contributed by atoms with Gasteiger partial charge in [-0.2, -0.15) is 0 Å². The van der Waals surface area contributed by atoms with E-state index < -0.39 is 0 Å². The first-order valence-corrected chi connectivity index (χ1v) is 6.93. The summed E-state index contributed by atoms with van der Waals surface area (Å²) in [6.45, 7) is 3.94. The van der Waals surface area contributed by atoms with Gasteiger partial charge in [0.05, 0.1) is 5.92 Å². The van der Waals surface area contributed by atoms with Crippen LogP contribution in [0.1, 0.15) is 11.5 Å². The van der Waals surface area contributed by atoms with Gasteiger partial charge in [-0.15, -0.1) is 0 Å². The fraction of sp³-hybridized carbons (Fsp3) is 0.533. The molecule has 19 heavy (non-hydrogen) atoms. The van der Waals surface area contributed by atoms with Crippen molar-refractivity contribution in [3.63, 3.8) is 0 Å². The lowest BCUT2D eigenvalue weighted by molar-refractivity contribution is -0.121. The van der Waals surface area contributed by atoms with E-state index in [0.717, 1.165) is 26.2 Å². The predicted molar refractivity (Wildman–Crippen MR) is 74.7 cm³/mol. The molecule has 0 radical (unpaired) electrons. The average Bonchev–Trinajstić information content (AvgIpc) is 2.78. The number of amides is 1. The SMILES string of the molecule is CN1CCN2C[C@H](C(N)=O)[C@@H](c3ccccc3)[C@H]2C1. The van der Waals surface area contributed by atoms with Crippen LogP contribution in [0, 0.1) is 5.92 Å². The minimum atomic E-state index is -0.161. The molecule has 2 heterocycles. The number of primary amides is 1. The van der Waals surface area contributed by atoms with E-state index in [-0.39, 0.29) is 17.7 Å². The van der Waals surface area contributed by atoms with Crippen molar-refractivity contribution in [1.29, 1.82) is 0 Å². The maximum absolute atomic E-state index is 11.8. The summed E-state index contributed by atoms with van der Waals surface area (Å²) in [4.78, 5) is 16.6. The lowest BCUT2D eigenvalue weighted by Crippen LogP contribution is -2.50. The standard InChI is InChI=1S/C15H21N3O/c1-17-7-8-18-9-12(15(16)19)14(13(18)10-17)11-5-3-2-4-6-11/h2-6,12-14H,7-10H2,1H3,(H2,16,19)/t12-,13+,14+/m0/s1. The first-order valence-electron chi connectivity index (χ1n) is 6.93. The fourth-order valence-electron chi connectivity index (χ4n) is 3.59.